The summed E-state index contributed by atoms with van der Waals surface area (Å²) in [5.74, 6) is 1.06. The van der Waals surface area contributed by atoms with E-state index < -0.39 is 10.0 Å². The van der Waals surface area contributed by atoms with Crippen LogP contribution in [0.3, 0.4) is 0 Å². The quantitative estimate of drug-likeness (QED) is 0.516. The lowest BCUT2D eigenvalue weighted by atomic mass is 9.93. The van der Waals surface area contributed by atoms with Crippen LogP contribution in [0.15, 0.2) is 30.3 Å². The third-order valence-corrected chi connectivity index (χ3v) is 6.94. The maximum absolute atomic E-state index is 12.7. The van der Waals surface area contributed by atoms with E-state index in [1.54, 1.807) is 7.11 Å². The van der Waals surface area contributed by atoms with Gasteiger partial charge >= 0.3 is 0 Å². The highest BCUT2D eigenvalue weighted by molar-refractivity contribution is 7.92. The Morgan fingerprint density at radius 3 is 2.12 bits per heavy atom. The van der Waals surface area contributed by atoms with E-state index in [0.29, 0.717) is 18.0 Å². The third-order valence-electron chi connectivity index (χ3n) is 5.74. The van der Waals surface area contributed by atoms with Crippen LogP contribution in [0.2, 0.25) is 0 Å². The van der Waals surface area contributed by atoms with Gasteiger partial charge in [-0.2, -0.15) is 0 Å². The maximum Gasteiger partial charge on any atom is 0.232 e. The van der Waals surface area contributed by atoms with Crippen LogP contribution in [-0.4, -0.2) is 34.2 Å². The summed E-state index contributed by atoms with van der Waals surface area (Å²) in [4.78, 5) is 12.7. The molecule has 1 unspecified atom stereocenters. The molecule has 7 heteroatoms. The number of aryl methyl sites for hydroxylation is 3. The first-order valence-corrected chi connectivity index (χ1v) is 13.2. The number of nitrogens with one attached hydrogen (secondary N) is 1. The minimum absolute atomic E-state index is 0.0994. The fourth-order valence-electron chi connectivity index (χ4n) is 4.17. The number of ether oxygens (including phenoxy) is 1. The summed E-state index contributed by atoms with van der Waals surface area (Å²) in [6.45, 7) is 12.3. The molecule has 1 amide bonds. The van der Waals surface area contributed by atoms with Gasteiger partial charge in [0.15, 0.2) is 0 Å². The van der Waals surface area contributed by atoms with Gasteiger partial charge in [-0.05, 0) is 92.1 Å². The largest absolute Gasteiger partial charge is 0.496 e. The lowest BCUT2D eigenvalue weighted by Crippen LogP contribution is -2.32. The van der Waals surface area contributed by atoms with Crippen LogP contribution in [-0.2, 0) is 14.8 Å². The molecule has 0 bridgehead atoms. The molecule has 6 nitrogen and oxygen atoms in total. The molecule has 0 aromatic heterocycles. The minimum atomic E-state index is -3.45. The number of nitrogens with zero attached hydrogens (tertiary/aromatic N) is 1. The monoisotopic (exact) mass is 474 g/mol. The van der Waals surface area contributed by atoms with Gasteiger partial charge in [0, 0.05) is 13.0 Å². The second-order valence-corrected chi connectivity index (χ2v) is 11.1. The van der Waals surface area contributed by atoms with Crippen molar-refractivity contribution >= 4 is 21.6 Å². The molecule has 0 spiro atoms. The van der Waals surface area contributed by atoms with Crippen LogP contribution in [0.1, 0.15) is 73.4 Å². The van der Waals surface area contributed by atoms with E-state index in [1.807, 2.05) is 52.0 Å². The van der Waals surface area contributed by atoms with Crippen molar-refractivity contribution in [1.82, 2.24) is 5.32 Å². The number of anilines is 1. The van der Waals surface area contributed by atoms with Crippen molar-refractivity contribution in [2.45, 2.75) is 66.3 Å². The van der Waals surface area contributed by atoms with Gasteiger partial charge in [0.25, 0.3) is 0 Å². The number of rotatable bonds is 10. The van der Waals surface area contributed by atoms with Crippen LogP contribution in [0, 0.1) is 20.8 Å². The number of carbonyl (C=O) groups excluding carboxylic acids is 1. The smallest absolute Gasteiger partial charge is 0.232 e. The molecule has 2 aromatic carbocycles. The average molecular weight is 475 g/mol. The molecule has 1 atom stereocenters. The van der Waals surface area contributed by atoms with Crippen molar-refractivity contribution in [2.75, 3.05) is 24.2 Å². The van der Waals surface area contributed by atoms with Gasteiger partial charge in [-0.25, -0.2) is 8.42 Å². The van der Waals surface area contributed by atoms with Gasteiger partial charge in [-0.3, -0.25) is 9.10 Å². The summed E-state index contributed by atoms with van der Waals surface area (Å²) in [5.41, 5.74) is 5.86. The zero-order chi connectivity index (χ0) is 24.9. The van der Waals surface area contributed by atoms with E-state index in [1.165, 1.54) is 10.6 Å². The molecule has 182 valence electrons. The number of sulfonamides is 1. The summed E-state index contributed by atoms with van der Waals surface area (Å²) in [6, 6.07) is 9.68. The Labute approximate surface area is 199 Å². The molecule has 0 aliphatic rings. The molecular formula is C26H38N2O4S. The Kier molecular flexibility index (Phi) is 8.95. The molecule has 2 rings (SSSR count). The topological polar surface area (TPSA) is 75.7 Å². The fourth-order valence-corrected chi connectivity index (χ4v) is 5.12. The standard InChI is InChI=1S/C26H38N2O4S/c1-17(2)23-16-24(20(5)15-25(23)32-7)21(6)27-26(29)10-9-11-28(33(8,30)31)22-13-18(3)12-19(4)14-22/h12-17,21H,9-11H2,1-8H3,(H,27,29). The number of hydrogen-bond donors (Lipinski definition) is 1. The molecule has 0 saturated carbocycles. The highest BCUT2D eigenvalue weighted by Gasteiger charge is 2.20. The molecule has 33 heavy (non-hydrogen) atoms. The predicted molar refractivity (Wildman–Crippen MR) is 136 cm³/mol. The second kappa shape index (κ2) is 11.1. The van der Waals surface area contributed by atoms with Gasteiger partial charge in [0.2, 0.25) is 15.9 Å². The van der Waals surface area contributed by atoms with Crippen molar-refractivity contribution < 1.29 is 17.9 Å². The molecule has 0 fully saturated rings. The van der Waals surface area contributed by atoms with Crippen molar-refractivity contribution in [1.29, 1.82) is 0 Å². The van der Waals surface area contributed by atoms with Crippen molar-refractivity contribution in [3.63, 3.8) is 0 Å². The van der Waals surface area contributed by atoms with Crippen LogP contribution in [0.4, 0.5) is 5.69 Å². The third kappa shape index (κ3) is 7.22. The van der Waals surface area contributed by atoms with Crippen LogP contribution in [0.5, 0.6) is 5.75 Å². The Morgan fingerprint density at radius 2 is 1.61 bits per heavy atom. The number of hydrogen-bond acceptors (Lipinski definition) is 4. The van der Waals surface area contributed by atoms with E-state index >= 15 is 0 Å². The van der Waals surface area contributed by atoms with E-state index in [-0.39, 0.29) is 24.9 Å². The molecule has 0 aliphatic heterocycles. The summed E-state index contributed by atoms with van der Waals surface area (Å²) in [6.07, 6.45) is 1.87. The van der Waals surface area contributed by atoms with Gasteiger partial charge in [-0.1, -0.05) is 19.9 Å². The number of carbonyl (C=O) groups is 1. The lowest BCUT2D eigenvalue weighted by molar-refractivity contribution is -0.121. The van der Waals surface area contributed by atoms with Crippen LogP contribution >= 0.6 is 0 Å². The van der Waals surface area contributed by atoms with Gasteiger partial charge in [-0.15, -0.1) is 0 Å². The number of amides is 1. The molecule has 0 radical (unpaired) electrons. The fraction of sp³-hybridized carbons (Fsp3) is 0.500. The minimum Gasteiger partial charge on any atom is -0.496 e. The van der Waals surface area contributed by atoms with Crippen LogP contribution < -0.4 is 14.4 Å². The van der Waals surface area contributed by atoms with Gasteiger partial charge in [0.1, 0.15) is 5.75 Å². The van der Waals surface area contributed by atoms with E-state index in [9.17, 15) is 13.2 Å². The number of benzene rings is 2. The zero-order valence-corrected chi connectivity index (χ0v) is 22.0. The first kappa shape index (κ1) is 26.7. The second-order valence-electron chi connectivity index (χ2n) is 9.18. The summed E-state index contributed by atoms with van der Waals surface area (Å²) >= 11 is 0. The van der Waals surface area contributed by atoms with Crippen molar-refractivity contribution in [3.05, 3.63) is 58.1 Å². The molecule has 0 heterocycles. The Morgan fingerprint density at radius 1 is 1.00 bits per heavy atom. The SMILES string of the molecule is COc1cc(C)c(C(C)NC(=O)CCCN(c2cc(C)cc(C)c2)S(C)(=O)=O)cc1C(C)C. The molecule has 0 saturated heterocycles. The molecular weight excluding hydrogens is 436 g/mol. The summed E-state index contributed by atoms with van der Waals surface area (Å²) in [7, 11) is -1.78. The average Bonchev–Trinajstić information content (AvgIpc) is 2.68. The maximum atomic E-state index is 12.7. The number of methoxy groups -OCH3 is 1. The summed E-state index contributed by atoms with van der Waals surface area (Å²) < 4.78 is 31.7. The molecule has 1 N–H and O–H groups in total. The van der Waals surface area contributed by atoms with E-state index in [4.69, 9.17) is 4.74 Å². The van der Waals surface area contributed by atoms with Gasteiger partial charge in [0.05, 0.1) is 25.1 Å². The zero-order valence-electron chi connectivity index (χ0n) is 21.2. The Hall–Kier alpha value is -2.54. The first-order chi connectivity index (χ1) is 15.3. The van der Waals surface area contributed by atoms with Gasteiger partial charge < -0.3 is 10.1 Å². The highest BCUT2D eigenvalue weighted by Crippen LogP contribution is 2.32. The lowest BCUT2D eigenvalue weighted by Gasteiger charge is -2.24. The Bertz CT molecular complexity index is 1070. The Balaban J connectivity index is 2.06. The van der Waals surface area contributed by atoms with E-state index in [0.717, 1.165) is 33.6 Å². The summed E-state index contributed by atoms with van der Waals surface area (Å²) in [5, 5.41) is 3.06. The molecule has 0 aliphatic carbocycles. The normalized spacial score (nSPS) is 12.5. The predicted octanol–water partition coefficient (Wildman–Crippen LogP) is 5.17. The van der Waals surface area contributed by atoms with Crippen LogP contribution in [0.25, 0.3) is 0 Å². The molecule has 2 aromatic rings. The van der Waals surface area contributed by atoms with E-state index in [2.05, 4.69) is 25.2 Å². The van der Waals surface area contributed by atoms with Crippen molar-refractivity contribution in [2.24, 2.45) is 0 Å². The first-order valence-electron chi connectivity index (χ1n) is 11.4. The highest BCUT2D eigenvalue weighted by atomic mass is 32.2. The van der Waals surface area contributed by atoms with Crippen molar-refractivity contribution in [3.8, 4) is 5.75 Å².